The first-order valence-electron chi connectivity index (χ1n) is 22.7. The molecule has 306 valence electrons. The van der Waals surface area contributed by atoms with E-state index in [0.29, 0.717) is 0 Å². The minimum Gasteiger partial charge on any atom is -0.310 e. The summed E-state index contributed by atoms with van der Waals surface area (Å²) in [6.45, 7) is 4.76. The van der Waals surface area contributed by atoms with Crippen molar-refractivity contribution in [3.63, 3.8) is 0 Å². The lowest BCUT2D eigenvalue weighted by atomic mass is 9.82. The summed E-state index contributed by atoms with van der Waals surface area (Å²) in [5, 5.41) is 9.85. The molecule has 12 aromatic rings. The number of para-hydroxylation sites is 2. The third-order valence-corrected chi connectivity index (χ3v) is 14.2. The van der Waals surface area contributed by atoms with E-state index in [4.69, 9.17) is 0 Å². The molecule has 0 saturated heterocycles. The van der Waals surface area contributed by atoms with Crippen LogP contribution in [0.2, 0.25) is 0 Å². The van der Waals surface area contributed by atoms with Crippen molar-refractivity contribution in [3.05, 3.63) is 242 Å². The van der Waals surface area contributed by atoms with Gasteiger partial charge in [-0.1, -0.05) is 184 Å². The van der Waals surface area contributed by atoms with Crippen LogP contribution in [0.3, 0.4) is 0 Å². The van der Waals surface area contributed by atoms with Gasteiger partial charge in [0.1, 0.15) is 0 Å². The third kappa shape index (κ3) is 5.67. The molecule has 0 bridgehead atoms. The molecular formula is C63H44N2. The Kier molecular flexibility index (Phi) is 8.29. The first-order valence-corrected chi connectivity index (χ1v) is 22.7. The Hall–Kier alpha value is -8.20. The van der Waals surface area contributed by atoms with E-state index in [1.54, 1.807) is 0 Å². The van der Waals surface area contributed by atoms with E-state index in [1.807, 2.05) is 0 Å². The molecule has 0 spiro atoms. The van der Waals surface area contributed by atoms with E-state index in [9.17, 15) is 0 Å². The van der Waals surface area contributed by atoms with Gasteiger partial charge in [0.2, 0.25) is 0 Å². The smallest absolute Gasteiger partial charge is 0.0546 e. The summed E-state index contributed by atoms with van der Waals surface area (Å²) in [4.78, 5) is 2.54. The summed E-state index contributed by atoms with van der Waals surface area (Å²) in [7, 11) is 0. The molecule has 0 N–H and O–H groups in total. The molecule has 65 heavy (non-hydrogen) atoms. The number of nitrogens with zero attached hydrogens (tertiary/aromatic N) is 2. The zero-order valence-electron chi connectivity index (χ0n) is 36.3. The van der Waals surface area contributed by atoms with Gasteiger partial charge in [0.25, 0.3) is 0 Å². The molecule has 11 aromatic carbocycles. The van der Waals surface area contributed by atoms with Crippen molar-refractivity contribution in [2.75, 3.05) is 4.90 Å². The molecular weight excluding hydrogens is 785 g/mol. The monoisotopic (exact) mass is 828 g/mol. The molecule has 0 atom stereocenters. The second-order valence-corrected chi connectivity index (χ2v) is 18.0. The van der Waals surface area contributed by atoms with Gasteiger partial charge >= 0.3 is 0 Å². The van der Waals surface area contributed by atoms with E-state index in [1.165, 1.54) is 98.6 Å². The lowest BCUT2D eigenvalue weighted by Gasteiger charge is -2.31. The number of aromatic nitrogens is 1. The summed E-state index contributed by atoms with van der Waals surface area (Å²) < 4.78 is 2.40. The number of rotatable bonds is 6. The minimum absolute atomic E-state index is 0.178. The molecule has 0 aliphatic heterocycles. The third-order valence-electron chi connectivity index (χ3n) is 14.2. The molecule has 0 saturated carbocycles. The average Bonchev–Trinajstić information content (AvgIpc) is 3.81. The highest BCUT2D eigenvalue weighted by molar-refractivity contribution is 6.18. The van der Waals surface area contributed by atoms with Crippen molar-refractivity contribution >= 4 is 71.2 Å². The van der Waals surface area contributed by atoms with Crippen LogP contribution in [0.15, 0.2) is 231 Å². The van der Waals surface area contributed by atoms with Crippen LogP contribution in [0.4, 0.5) is 17.1 Å². The zero-order chi connectivity index (χ0) is 43.2. The highest BCUT2D eigenvalue weighted by Crippen LogP contribution is 2.53. The molecule has 13 rings (SSSR count). The quantitative estimate of drug-likeness (QED) is 0.152. The number of benzene rings is 11. The van der Waals surface area contributed by atoms with E-state index >= 15 is 0 Å². The summed E-state index contributed by atoms with van der Waals surface area (Å²) >= 11 is 0. The van der Waals surface area contributed by atoms with Gasteiger partial charge in [-0.05, 0) is 132 Å². The van der Waals surface area contributed by atoms with Crippen molar-refractivity contribution in [2.45, 2.75) is 19.3 Å². The molecule has 0 unspecified atom stereocenters. The Labute approximate surface area is 378 Å². The fraction of sp³-hybridized carbons (Fsp3) is 0.0476. The van der Waals surface area contributed by atoms with Crippen molar-refractivity contribution in [2.24, 2.45) is 0 Å². The summed E-state index contributed by atoms with van der Waals surface area (Å²) in [6.07, 6.45) is 0. The van der Waals surface area contributed by atoms with Crippen LogP contribution in [0.1, 0.15) is 25.0 Å². The van der Waals surface area contributed by atoms with Gasteiger partial charge in [-0.2, -0.15) is 0 Å². The number of fused-ring (bicyclic) bond motifs is 10. The average molecular weight is 829 g/mol. The van der Waals surface area contributed by atoms with Crippen LogP contribution in [-0.4, -0.2) is 4.57 Å². The van der Waals surface area contributed by atoms with Crippen LogP contribution in [0, 0.1) is 0 Å². The highest BCUT2D eigenvalue weighted by Gasteiger charge is 2.36. The van der Waals surface area contributed by atoms with Crippen molar-refractivity contribution in [3.8, 4) is 39.1 Å². The zero-order valence-corrected chi connectivity index (χ0v) is 36.3. The van der Waals surface area contributed by atoms with Gasteiger partial charge < -0.3 is 9.47 Å². The Morgan fingerprint density at radius 1 is 0.338 bits per heavy atom. The molecule has 1 heterocycles. The van der Waals surface area contributed by atoms with Crippen LogP contribution < -0.4 is 4.90 Å². The predicted molar refractivity (Wildman–Crippen MR) is 276 cm³/mol. The summed E-state index contributed by atoms with van der Waals surface area (Å²) in [5.41, 5.74) is 16.8. The fourth-order valence-corrected chi connectivity index (χ4v) is 11.2. The molecule has 2 nitrogen and oxygen atoms in total. The first kappa shape index (κ1) is 37.4. The minimum atomic E-state index is -0.178. The fourth-order valence-electron chi connectivity index (χ4n) is 11.2. The molecule has 1 aliphatic carbocycles. The van der Waals surface area contributed by atoms with Crippen LogP contribution in [0.5, 0.6) is 0 Å². The lowest BCUT2D eigenvalue weighted by molar-refractivity contribution is 0.660. The van der Waals surface area contributed by atoms with Gasteiger partial charge in [-0.3, -0.25) is 0 Å². The topological polar surface area (TPSA) is 8.17 Å². The van der Waals surface area contributed by atoms with Gasteiger partial charge in [0.15, 0.2) is 0 Å². The van der Waals surface area contributed by atoms with Crippen molar-refractivity contribution in [1.29, 1.82) is 0 Å². The first-order chi connectivity index (χ1) is 32.0. The van der Waals surface area contributed by atoms with Gasteiger partial charge in [0, 0.05) is 38.8 Å². The van der Waals surface area contributed by atoms with Gasteiger partial charge in [0.05, 0.1) is 16.7 Å². The molecule has 0 fully saturated rings. The molecule has 0 radical (unpaired) electrons. The molecule has 0 amide bonds. The Morgan fingerprint density at radius 2 is 0.923 bits per heavy atom. The van der Waals surface area contributed by atoms with E-state index in [0.717, 1.165) is 22.7 Å². The Bertz CT molecular complexity index is 3870. The Morgan fingerprint density at radius 3 is 1.78 bits per heavy atom. The maximum absolute atomic E-state index is 2.54. The number of hydrogen-bond donors (Lipinski definition) is 0. The van der Waals surface area contributed by atoms with E-state index in [-0.39, 0.29) is 5.41 Å². The molecule has 1 aromatic heterocycles. The largest absolute Gasteiger partial charge is 0.310 e. The van der Waals surface area contributed by atoms with E-state index < -0.39 is 0 Å². The number of hydrogen-bond acceptors (Lipinski definition) is 1. The summed E-state index contributed by atoms with van der Waals surface area (Å²) in [5.74, 6) is 0. The molecule has 2 heteroatoms. The van der Waals surface area contributed by atoms with Crippen LogP contribution in [0.25, 0.3) is 93.2 Å². The highest BCUT2D eigenvalue weighted by atomic mass is 15.1. The standard InChI is InChI=1S/C63H44N2/c1-63(2)57-31-14-12-27-51(57)52-36-34-45(40-58(52)63)64(44-35-37-60-55(39-44)53-28-13-15-32-59(53)65(60)43-21-4-3-5-22-43)61-33-17-30-54(49-29-16-20-41-18-6-8-23-46(41)49)62(61)56-38-42-19-7-9-24-47(42)48-25-10-11-26-50(48)56/h3-40H,1-2H3. The normalized spacial score (nSPS) is 12.9. The Balaban J connectivity index is 1.16. The lowest BCUT2D eigenvalue weighted by Crippen LogP contribution is -2.17. The van der Waals surface area contributed by atoms with E-state index in [2.05, 4.69) is 254 Å². The van der Waals surface area contributed by atoms with Crippen LogP contribution in [-0.2, 0) is 5.41 Å². The predicted octanol–water partition coefficient (Wildman–Crippen LogP) is 17.4. The SMILES string of the molecule is CC1(C)c2ccccc2-c2ccc(N(c3ccc4c(c3)c3ccccc3n4-c3ccccc3)c3cccc(-c4cccc5ccccc45)c3-c3cc4ccccc4c4ccccc34)cc21. The van der Waals surface area contributed by atoms with Crippen LogP contribution >= 0.6 is 0 Å². The second-order valence-electron chi connectivity index (χ2n) is 18.0. The summed E-state index contributed by atoms with van der Waals surface area (Å²) in [6, 6.07) is 85.5. The number of anilines is 3. The maximum atomic E-state index is 2.54. The van der Waals surface area contributed by atoms with Crippen molar-refractivity contribution < 1.29 is 0 Å². The van der Waals surface area contributed by atoms with Gasteiger partial charge in [-0.25, -0.2) is 0 Å². The maximum Gasteiger partial charge on any atom is 0.0546 e. The molecule has 1 aliphatic rings. The second kappa shape index (κ2) is 14.4. The van der Waals surface area contributed by atoms with Gasteiger partial charge in [-0.15, -0.1) is 0 Å². The van der Waals surface area contributed by atoms with Crippen molar-refractivity contribution in [1.82, 2.24) is 4.57 Å².